The molecule has 1 aromatic heterocycles. The topological polar surface area (TPSA) is 95.6 Å². The second kappa shape index (κ2) is 9.68. The molecule has 26 heavy (non-hydrogen) atoms. The fourth-order valence-corrected chi connectivity index (χ4v) is 5.65. The van der Waals surface area contributed by atoms with Crippen LogP contribution in [-0.2, 0) is 19.6 Å². The lowest BCUT2D eigenvalue weighted by molar-refractivity contribution is -0.126. The first-order chi connectivity index (χ1) is 12.3. The highest BCUT2D eigenvalue weighted by atomic mass is 35.5. The molecule has 2 rings (SSSR count). The molecule has 0 unspecified atom stereocenters. The number of likely N-dealkylation sites (N-methyl/N-ethyl adjacent to an activating group) is 1. The molecule has 1 saturated carbocycles. The molecule has 0 spiro atoms. The van der Waals surface area contributed by atoms with Crippen LogP contribution in [0.2, 0.25) is 4.34 Å². The van der Waals surface area contributed by atoms with Crippen LogP contribution in [0.25, 0.3) is 0 Å². The van der Waals surface area contributed by atoms with Gasteiger partial charge in [-0.2, -0.15) is 4.31 Å². The van der Waals surface area contributed by atoms with E-state index >= 15 is 0 Å². The largest absolute Gasteiger partial charge is 0.354 e. The van der Waals surface area contributed by atoms with Gasteiger partial charge < -0.3 is 10.6 Å². The van der Waals surface area contributed by atoms with E-state index in [1.807, 2.05) is 0 Å². The lowest BCUT2D eigenvalue weighted by atomic mass is 9.89. The molecule has 146 valence electrons. The SMILES string of the molecule is CN(CC(=O)NCCNC(=O)C1CCCCC1)S(=O)(=O)c1ccc(Cl)s1. The maximum Gasteiger partial charge on any atom is 0.252 e. The highest BCUT2D eigenvalue weighted by Gasteiger charge is 2.24. The zero-order chi connectivity index (χ0) is 19.2. The Hall–Kier alpha value is -1.16. The van der Waals surface area contributed by atoms with Crippen molar-refractivity contribution in [3.05, 3.63) is 16.5 Å². The van der Waals surface area contributed by atoms with Gasteiger partial charge >= 0.3 is 0 Å². The number of hydrogen-bond acceptors (Lipinski definition) is 5. The van der Waals surface area contributed by atoms with E-state index in [-0.39, 0.29) is 29.1 Å². The Morgan fingerprint density at radius 2 is 1.85 bits per heavy atom. The van der Waals surface area contributed by atoms with Gasteiger partial charge in [0.25, 0.3) is 10.0 Å². The minimum Gasteiger partial charge on any atom is -0.354 e. The zero-order valence-corrected chi connectivity index (χ0v) is 17.1. The van der Waals surface area contributed by atoms with Crippen molar-refractivity contribution in [3.63, 3.8) is 0 Å². The number of nitrogens with one attached hydrogen (secondary N) is 2. The first kappa shape index (κ1) is 21.1. The predicted octanol–water partition coefficient (Wildman–Crippen LogP) is 1.83. The standard InChI is InChI=1S/C16H24ClN3O4S2/c1-20(26(23,24)15-8-7-13(17)25-15)11-14(21)18-9-10-19-16(22)12-5-3-2-4-6-12/h7-8,12H,2-6,9-11H2,1H3,(H,18,21)(H,19,22). The molecule has 0 aliphatic heterocycles. The Kier molecular flexibility index (Phi) is 7.87. The van der Waals surface area contributed by atoms with Crippen LogP contribution in [0.5, 0.6) is 0 Å². The van der Waals surface area contributed by atoms with Crippen molar-refractivity contribution in [3.8, 4) is 0 Å². The van der Waals surface area contributed by atoms with Crippen molar-refractivity contribution in [1.29, 1.82) is 0 Å². The van der Waals surface area contributed by atoms with Gasteiger partial charge in [-0.3, -0.25) is 9.59 Å². The van der Waals surface area contributed by atoms with Crippen molar-refractivity contribution in [1.82, 2.24) is 14.9 Å². The van der Waals surface area contributed by atoms with E-state index in [0.717, 1.165) is 41.3 Å². The highest BCUT2D eigenvalue weighted by molar-refractivity contribution is 7.91. The smallest absolute Gasteiger partial charge is 0.252 e. The molecule has 2 amide bonds. The number of hydrogen-bond donors (Lipinski definition) is 2. The van der Waals surface area contributed by atoms with Crippen LogP contribution < -0.4 is 10.6 Å². The fourth-order valence-electron chi connectivity index (χ4n) is 2.83. The van der Waals surface area contributed by atoms with Crippen LogP contribution in [0.1, 0.15) is 32.1 Å². The Labute approximate surface area is 163 Å². The van der Waals surface area contributed by atoms with Gasteiger partial charge in [0.2, 0.25) is 11.8 Å². The third kappa shape index (κ3) is 5.94. The van der Waals surface area contributed by atoms with Crippen LogP contribution in [0.15, 0.2) is 16.3 Å². The van der Waals surface area contributed by atoms with Crippen LogP contribution in [0.4, 0.5) is 0 Å². The van der Waals surface area contributed by atoms with E-state index < -0.39 is 15.9 Å². The number of carbonyl (C=O) groups is 2. The van der Waals surface area contributed by atoms with Gasteiger partial charge in [0, 0.05) is 26.1 Å². The molecular formula is C16H24ClN3O4S2. The molecule has 1 aromatic rings. The average Bonchev–Trinajstić information content (AvgIpc) is 3.06. The molecule has 1 heterocycles. The fraction of sp³-hybridized carbons (Fsp3) is 0.625. The van der Waals surface area contributed by atoms with E-state index in [1.54, 1.807) is 0 Å². The van der Waals surface area contributed by atoms with Gasteiger partial charge in [-0.05, 0) is 25.0 Å². The molecule has 0 aromatic carbocycles. The zero-order valence-electron chi connectivity index (χ0n) is 14.7. The lowest BCUT2D eigenvalue weighted by Crippen LogP contribution is -2.42. The molecule has 1 aliphatic rings. The number of nitrogens with zero attached hydrogens (tertiary/aromatic N) is 1. The van der Waals surface area contributed by atoms with Gasteiger partial charge in [0.1, 0.15) is 4.21 Å². The Bertz CT molecular complexity index is 730. The van der Waals surface area contributed by atoms with Gasteiger partial charge in [-0.25, -0.2) is 8.42 Å². The number of rotatable bonds is 8. The minimum atomic E-state index is -3.73. The summed E-state index contributed by atoms with van der Waals surface area (Å²) in [5, 5.41) is 5.44. The molecule has 2 N–H and O–H groups in total. The molecule has 0 radical (unpaired) electrons. The Balaban J connectivity index is 1.70. The van der Waals surface area contributed by atoms with E-state index in [1.165, 1.54) is 25.6 Å². The quantitative estimate of drug-likeness (QED) is 0.626. The van der Waals surface area contributed by atoms with Crippen LogP contribution in [0, 0.1) is 5.92 Å². The first-order valence-electron chi connectivity index (χ1n) is 8.57. The summed E-state index contributed by atoms with van der Waals surface area (Å²) in [6, 6.07) is 2.92. The number of halogens is 1. The highest BCUT2D eigenvalue weighted by Crippen LogP contribution is 2.27. The summed E-state index contributed by atoms with van der Waals surface area (Å²) in [6.45, 7) is 0.294. The molecular weight excluding hydrogens is 398 g/mol. The summed E-state index contributed by atoms with van der Waals surface area (Å²) in [5.74, 6) is -0.313. The summed E-state index contributed by atoms with van der Waals surface area (Å²) < 4.78 is 26.1. The third-order valence-corrected chi connectivity index (χ3v) is 7.80. The molecule has 0 atom stereocenters. The van der Waals surface area contributed by atoms with E-state index in [9.17, 15) is 18.0 Å². The lowest BCUT2D eigenvalue weighted by Gasteiger charge is -2.20. The average molecular weight is 422 g/mol. The van der Waals surface area contributed by atoms with Crippen molar-refractivity contribution in [2.75, 3.05) is 26.7 Å². The summed E-state index contributed by atoms with van der Waals surface area (Å²) in [7, 11) is -2.39. The van der Waals surface area contributed by atoms with Gasteiger partial charge in [0.15, 0.2) is 0 Å². The number of carbonyl (C=O) groups excluding carboxylic acids is 2. The summed E-state index contributed by atoms with van der Waals surface area (Å²) in [4.78, 5) is 23.9. The Morgan fingerprint density at radius 1 is 1.19 bits per heavy atom. The van der Waals surface area contributed by atoms with Crippen molar-refractivity contribution >= 4 is 44.8 Å². The van der Waals surface area contributed by atoms with Gasteiger partial charge in [-0.1, -0.05) is 30.9 Å². The Morgan fingerprint density at radius 3 is 2.46 bits per heavy atom. The molecule has 0 bridgehead atoms. The van der Waals surface area contributed by atoms with Crippen molar-refractivity contribution in [2.45, 2.75) is 36.3 Å². The summed E-state index contributed by atoms with van der Waals surface area (Å²) in [6.07, 6.45) is 5.21. The van der Waals surface area contributed by atoms with Crippen LogP contribution >= 0.6 is 22.9 Å². The molecule has 1 fully saturated rings. The number of sulfonamides is 1. The molecule has 0 saturated heterocycles. The summed E-state index contributed by atoms with van der Waals surface area (Å²) >= 11 is 6.71. The van der Waals surface area contributed by atoms with Crippen molar-refractivity contribution in [2.24, 2.45) is 5.92 Å². The van der Waals surface area contributed by atoms with Crippen molar-refractivity contribution < 1.29 is 18.0 Å². The normalized spacial score (nSPS) is 15.8. The van der Waals surface area contributed by atoms with E-state index in [2.05, 4.69) is 10.6 Å². The second-order valence-electron chi connectivity index (χ2n) is 6.30. The van der Waals surface area contributed by atoms with Gasteiger partial charge in [-0.15, -0.1) is 11.3 Å². The third-order valence-electron chi connectivity index (χ3n) is 4.30. The number of thiophene rings is 1. The van der Waals surface area contributed by atoms with E-state index in [0.29, 0.717) is 10.9 Å². The van der Waals surface area contributed by atoms with E-state index in [4.69, 9.17) is 11.6 Å². The van der Waals surface area contributed by atoms with Gasteiger partial charge in [0.05, 0.1) is 10.9 Å². The first-order valence-corrected chi connectivity index (χ1v) is 11.2. The van der Waals surface area contributed by atoms with Crippen LogP contribution in [-0.4, -0.2) is 51.2 Å². The second-order valence-corrected chi connectivity index (χ2v) is 10.3. The molecule has 7 nitrogen and oxygen atoms in total. The number of amides is 2. The monoisotopic (exact) mass is 421 g/mol. The summed E-state index contributed by atoms with van der Waals surface area (Å²) in [5.41, 5.74) is 0. The maximum atomic E-state index is 12.3. The minimum absolute atomic E-state index is 0.0354. The molecule has 1 aliphatic carbocycles. The maximum absolute atomic E-state index is 12.3. The van der Waals surface area contributed by atoms with Crippen LogP contribution in [0.3, 0.4) is 0 Å². The molecule has 10 heteroatoms. The predicted molar refractivity (Wildman–Crippen MR) is 102 cm³/mol.